The SMILES string of the molecule is CCC[C@@H](C[C@H](C[C@H](C)CCO)OC)OCOC. The zero-order chi connectivity index (χ0) is 13.8. The number of aliphatic hydroxyl groups is 1. The van der Waals surface area contributed by atoms with Crippen molar-refractivity contribution in [3.63, 3.8) is 0 Å². The average molecular weight is 262 g/mol. The maximum atomic E-state index is 8.92. The van der Waals surface area contributed by atoms with Crippen LogP contribution in [0.2, 0.25) is 0 Å². The molecule has 0 saturated carbocycles. The highest BCUT2D eigenvalue weighted by Gasteiger charge is 2.18. The highest BCUT2D eigenvalue weighted by atomic mass is 16.7. The first-order chi connectivity index (χ1) is 8.67. The number of rotatable bonds is 12. The molecule has 4 nitrogen and oxygen atoms in total. The molecule has 4 heteroatoms. The third-order valence-electron chi connectivity index (χ3n) is 3.18. The Kier molecular flexibility index (Phi) is 11.8. The van der Waals surface area contributed by atoms with Gasteiger partial charge >= 0.3 is 0 Å². The van der Waals surface area contributed by atoms with Gasteiger partial charge < -0.3 is 19.3 Å². The summed E-state index contributed by atoms with van der Waals surface area (Å²) in [4.78, 5) is 0. The van der Waals surface area contributed by atoms with E-state index in [9.17, 15) is 0 Å². The standard InChI is InChI=1S/C14H30O4/c1-5-6-13(18-11-16-3)10-14(17-4)9-12(2)7-8-15/h12-15H,5-11H2,1-4H3/t12-,13+,14+/m1/s1. The van der Waals surface area contributed by atoms with E-state index in [1.54, 1.807) is 14.2 Å². The fraction of sp³-hybridized carbons (Fsp3) is 1.00. The van der Waals surface area contributed by atoms with Crippen LogP contribution in [0.1, 0.15) is 46.0 Å². The smallest absolute Gasteiger partial charge is 0.146 e. The van der Waals surface area contributed by atoms with Crippen molar-refractivity contribution in [3.05, 3.63) is 0 Å². The normalized spacial score (nSPS) is 16.5. The number of ether oxygens (including phenoxy) is 3. The van der Waals surface area contributed by atoms with E-state index in [0.717, 1.165) is 32.1 Å². The van der Waals surface area contributed by atoms with Gasteiger partial charge in [-0.3, -0.25) is 0 Å². The maximum Gasteiger partial charge on any atom is 0.146 e. The quantitative estimate of drug-likeness (QED) is 0.549. The fourth-order valence-corrected chi connectivity index (χ4v) is 2.12. The Morgan fingerprint density at radius 1 is 1.06 bits per heavy atom. The molecule has 0 aliphatic rings. The van der Waals surface area contributed by atoms with Crippen molar-refractivity contribution in [1.29, 1.82) is 0 Å². The largest absolute Gasteiger partial charge is 0.396 e. The van der Waals surface area contributed by atoms with E-state index >= 15 is 0 Å². The summed E-state index contributed by atoms with van der Waals surface area (Å²) in [6.45, 7) is 4.88. The van der Waals surface area contributed by atoms with Crippen LogP contribution in [0.15, 0.2) is 0 Å². The van der Waals surface area contributed by atoms with Crippen LogP contribution in [0.4, 0.5) is 0 Å². The number of methoxy groups -OCH3 is 2. The lowest BCUT2D eigenvalue weighted by atomic mass is 9.96. The van der Waals surface area contributed by atoms with Crippen LogP contribution < -0.4 is 0 Å². The van der Waals surface area contributed by atoms with Gasteiger partial charge in [-0.2, -0.15) is 0 Å². The Labute approximate surface area is 112 Å². The molecule has 0 saturated heterocycles. The highest BCUT2D eigenvalue weighted by Crippen LogP contribution is 2.19. The summed E-state index contributed by atoms with van der Waals surface area (Å²) in [5, 5.41) is 8.92. The van der Waals surface area contributed by atoms with Crippen LogP contribution in [0.5, 0.6) is 0 Å². The molecule has 0 aromatic carbocycles. The lowest BCUT2D eigenvalue weighted by Crippen LogP contribution is -2.25. The molecule has 0 aromatic rings. The van der Waals surface area contributed by atoms with Gasteiger partial charge in [0, 0.05) is 20.8 Å². The van der Waals surface area contributed by atoms with Gasteiger partial charge in [0.15, 0.2) is 0 Å². The summed E-state index contributed by atoms with van der Waals surface area (Å²) < 4.78 is 16.1. The van der Waals surface area contributed by atoms with Gasteiger partial charge in [0.25, 0.3) is 0 Å². The molecule has 0 fully saturated rings. The minimum atomic E-state index is 0.194. The van der Waals surface area contributed by atoms with Crippen molar-refractivity contribution in [2.75, 3.05) is 27.6 Å². The lowest BCUT2D eigenvalue weighted by Gasteiger charge is -2.24. The summed E-state index contributed by atoms with van der Waals surface area (Å²) in [6, 6.07) is 0. The number of aliphatic hydroxyl groups excluding tert-OH is 1. The molecule has 0 aromatic heterocycles. The molecule has 0 spiro atoms. The first-order valence-corrected chi connectivity index (χ1v) is 6.92. The van der Waals surface area contributed by atoms with E-state index < -0.39 is 0 Å². The molecule has 0 aliphatic carbocycles. The van der Waals surface area contributed by atoms with E-state index in [4.69, 9.17) is 19.3 Å². The monoisotopic (exact) mass is 262 g/mol. The molecule has 0 unspecified atom stereocenters. The van der Waals surface area contributed by atoms with E-state index in [0.29, 0.717) is 12.7 Å². The molecule has 0 radical (unpaired) electrons. The minimum absolute atomic E-state index is 0.194. The molecular formula is C14H30O4. The van der Waals surface area contributed by atoms with Crippen molar-refractivity contribution in [1.82, 2.24) is 0 Å². The molecular weight excluding hydrogens is 232 g/mol. The Morgan fingerprint density at radius 2 is 1.78 bits per heavy atom. The third kappa shape index (κ3) is 8.86. The summed E-state index contributed by atoms with van der Waals surface area (Å²) in [7, 11) is 3.38. The number of hydrogen-bond donors (Lipinski definition) is 1. The summed E-state index contributed by atoms with van der Waals surface area (Å²) in [5.74, 6) is 0.477. The molecule has 0 bridgehead atoms. The molecule has 0 rings (SSSR count). The molecule has 110 valence electrons. The molecule has 3 atom stereocenters. The fourth-order valence-electron chi connectivity index (χ4n) is 2.12. The minimum Gasteiger partial charge on any atom is -0.396 e. The van der Waals surface area contributed by atoms with Crippen LogP contribution in [0, 0.1) is 5.92 Å². The van der Waals surface area contributed by atoms with E-state index in [2.05, 4.69) is 13.8 Å². The topological polar surface area (TPSA) is 47.9 Å². The van der Waals surface area contributed by atoms with Gasteiger partial charge in [0.1, 0.15) is 6.79 Å². The molecule has 18 heavy (non-hydrogen) atoms. The third-order valence-corrected chi connectivity index (χ3v) is 3.18. The van der Waals surface area contributed by atoms with Crippen molar-refractivity contribution in [2.24, 2.45) is 5.92 Å². The van der Waals surface area contributed by atoms with Crippen molar-refractivity contribution < 1.29 is 19.3 Å². The second kappa shape index (κ2) is 11.9. The summed E-state index contributed by atoms with van der Waals surface area (Å²) in [5.41, 5.74) is 0. The predicted octanol–water partition coefficient (Wildman–Crippen LogP) is 2.59. The maximum absolute atomic E-state index is 8.92. The zero-order valence-corrected chi connectivity index (χ0v) is 12.4. The van der Waals surface area contributed by atoms with Crippen LogP contribution in [-0.2, 0) is 14.2 Å². The van der Waals surface area contributed by atoms with Gasteiger partial charge in [-0.25, -0.2) is 0 Å². The van der Waals surface area contributed by atoms with Crippen LogP contribution in [0.25, 0.3) is 0 Å². The first kappa shape index (κ1) is 17.8. The Morgan fingerprint density at radius 3 is 2.28 bits per heavy atom. The predicted molar refractivity (Wildman–Crippen MR) is 72.6 cm³/mol. The van der Waals surface area contributed by atoms with Gasteiger partial charge in [0.2, 0.25) is 0 Å². The lowest BCUT2D eigenvalue weighted by molar-refractivity contribution is -0.0914. The molecule has 1 N–H and O–H groups in total. The Hall–Kier alpha value is -0.160. The Balaban J connectivity index is 4.09. The summed E-state index contributed by atoms with van der Waals surface area (Å²) in [6.07, 6.45) is 5.20. The van der Waals surface area contributed by atoms with Gasteiger partial charge in [0.05, 0.1) is 12.2 Å². The second-order valence-electron chi connectivity index (χ2n) is 4.93. The van der Waals surface area contributed by atoms with Gasteiger partial charge in [-0.05, 0) is 31.6 Å². The molecule has 0 amide bonds. The molecule has 0 heterocycles. The van der Waals surface area contributed by atoms with E-state index in [1.165, 1.54) is 0 Å². The van der Waals surface area contributed by atoms with Gasteiger partial charge in [-0.1, -0.05) is 20.3 Å². The van der Waals surface area contributed by atoms with Gasteiger partial charge in [-0.15, -0.1) is 0 Å². The first-order valence-electron chi connectivity index (χ1n) is 6.92. The Bertz CT molecular complexity index is 175. The zero-order valence-electron chi connectivity index (χ0n) is 12.4. The van der Waals surface area contributed by atoms with E-state index in [-0.39, 0.29) is 18.8 Å². The van der Waals surface area contributed by atoms with Crippen LogP contribution in [0.3, 0.4) is 0 Å². The van der Waals surface area contributed by atoms with Crippen molar-refractivity contribution in [2.45, 2.75) is 58.2 Å². The average Bonchev–Trinajstić information content (AvgIpc) is 2.35. The highest BCUT2D eigenvalue weighted by molar-refractivity contribution is 4.69. The summed E-state index contributed by atoms with van der Waals surface area (Å²) >= 11 is 0. The second-order valence-corrected chi connectivity index (χ2v) is 4.93. The van der Waals surface area contributed by atoms with Crippen LogP contribution >= 0.6 is 0 Å². The van der Waals surface area contributed by atoms with Crippen molar-refractivity contribution >= 4 is 0 Å². The molecule has 0 aliphatic heterocycles. The number of hydrogen-bond acceptors (Lipinski definition) is 4. The van der Waals surface area contributed by atoms with Crippen molar-refractivity contribution in [3.8, 4) is 0 Å². The van der Waals surface area contributed by atoms with Crippen LogP contribution in [-0.4, -0.2) is 44.9 Å². The van der Waals surface area contributed by atoms with E-state index in [1.807, 2.05) is 0 Å².